The number of hydrogen-bond donors (Lipinski definition) is 3. The molecule has 0 saturated heterocycles. The maximum Gasteiger partial charge on any atom is 0.325 e. The van der Waals surface area contributed by atoms with Gasteiger partial charge in [-0.05, 0) is 56.2 Å². The van der Waals surface area contributed by atoms with Crippen molar-refractivity contribution in [1.29, 1.82) is 0 Å². The summed E-state index contributed by atoms with van der Waals surface area (Å²) in [7, 11) is 0. The average Bonchev–Trinajstić information content (AvgIpc) is 3.21. The number of nitrogens with zero attached hydrogens (tertiary/aromatic N) is 1. The Kier molecular flexibility index (Phi) is 14.7. The molecule has 4 atom stereocenters. The number of aliphatic hydroxyl groups is 2. The highest BCUT2D eigenvalue weighted by molar-refractivity contribution is 5.81. The molecule has 1 aromatic carbocycles. The molecule has 41 heavy (non-hydrogen) atoms. The molecule has 1 saturated carbocycles. The first-order valence-electron chi connectivity index (χ1n) is 13.5. The normalized spacial score (nSPS) is 20.8. The number of carbonyl (C=O) groups excluding carboxylic acids is 2. The van der Waals surface area contributed by atoms with Crippen LogP contribution in [-0.2, 0) is 19.2 Å². The second-order valence-corrected chi connectivity index (χ2v) is 9.69. The van der Waals surface area contributed by atoms with Gasteiger partial charge in [0.25, 0.3) is 11.0 Å². The molecule has 0 heterocycles. The molecule has 1 aromatic rings. The number of nitrogens with one attached hydrogen (secondary N) is 1. The fraction of sp³-hybridized carbons (Fsp3) is 0.571. The van der Waals surface area contributed by atoms with Crippen LogP contribution in [0.4, 0.5) is 8.78 Å². The van der Waals surface area contributed by atoms with E-state index in [4.69, 9.17) is 9.47 Å². The number of unbranched alkanes of at least 4 members (excludes halogenated alkanes) is 2. The van der Waals surface area contributed by atoms with Crippen molar-refractivity contribution < 1.29 is 48.0 Å². The Labute approximate surface area is 237 Å². The van der Waals surface area contributed by atoms with Crippen molar-refractivity contribution in [1.82, 2.24) is 5.32 Å². The van der Waals surface area contributed by atoms with Crippen molar-refractivity contribution in [3.05, 3.63) is 64.8 Å². The predicted molar refractivity (Wildman–Crippen MR) is 143 cm³/mol. The van der Waals surface area contributed by atoms with Gasteiger partial charge in [0, 0.05) is 18.8 Å². The fourth-order valence-electron chi connectivity index (χ4n) is 4.29. The van der Waals surface area contributed by atoms with Crippen LogP contribution in [0.2, 0.25) is 0 Å². The zero-order valence-electron chi connectivity index (χ0n) is 22.7. The molecule has 1 fully saturated rings. The third kappa shape index (κ3) is 14.0. The largest absolute Gasteiger partial charge is 0.487 e. The molecule has 11 nitrogen and oxygen atoms in total. The van der Waals surface area contributed by atoms with Crippen LogP contribution in [0.15, 0.2) is 54.6 Å². The maximum absolute atomic E-state index is 14.3. The number of para-hydroxylation sites is 1. The standard InChI is InChI=1S/C28H38F2N2O9/c29-28(30,20-40-21-10-4-3-5-11-21)15-14-23-22(24(33)18-25(23)34)12-6-1-2-7-13-26(35)31-19-27(36)39-16-8-9-17-41-32(37)38/h1,3-6,10-11,14-15,22-25,33-34H,2,7-9,12-13,16-20H2,(H,31,35)/b6-1-,15-14+/t22-,23-,24+,25-/m1/s1. The highest BCUT2D eigenvalue weighted by Gasteiger charge is 2.40. The number of esters is 1. The number of alkyl halides is 2. The lowest BCUT2D eigenvalue weighted by atomic mass is 9.89. The zero-order chi connectivity index (χ0) is 30.1. The van der Waals surface area contributed by atoms with Crippen molar-refractivity contribution in [2.75, 3.05) is 26.4 Å². The molecule has 1 aliphatic carbocycles. The molecule has 0 unspecified atom stereocenters. The van der Waals surface area contributed by atoms with E-state index in [1.165, 1.54) is 6.08 Å². The number of hydrogen-bond acceptors (Lipinski definition) is 9. The molecule has 228 valence electrons. The Morgan fingerprint density at radius 2 is 1.83 bits per heavy atom. The molecule has 0 aliphatic heterocycles. The van der Waals surface area contributed by atoms with Crippen LogP contribution in [0.1, 0.15) is 44.9 Å². The summed E-state index contributed by atoms with van der Waals surface area (Å²) in [6.45, 7) is -1.15. The summed E-state index contributed by atoms with van der Waals surface area (Å²) in [5.74, 6) is -4.94. The number of carbonyl (C=O) groups is 2. The molecule has 3 N–H and O–H groups in total. The van der Waals surface area contributed by atoms with E-state index >= 15 is 0 Å². The Bertz CT molecular complexity index is 1010. The van der Waals surface area contributed by atoms with Crippen LogP contribution < -0.4 is 10.1 Å². The predicted octanol–water partition coefficient (Wildman–Crippen LogP) is 3.38. The molecular weight excluding hydrogens is 546 g/mol. The van der Waals surface area contributed by atoms with E-state index in [0.29, 0.717) is 37.9 Å². The fourth-order valence-corrected chi connectivity index (χ4v) is 4.29. The van der Waals surface area contributed by atoms with Crippen molar-refractivity contribution in [2.45, 2.75) is 63.1 Å². The smallest absolute Gasteiger partial charge is 0.325 e. The van der Waals surface area contributed by atoms with Crippen LogP contribution in [-0.4, -0.2) is 71.7 Å². The van der Waals surface area contributed by atoms with Gasteiger partial charge in [-0.1, -0.05) is 36.4 Å². The molecule has 2 rings (SSSR count). The SMILES string of the molecule is O=C(CCC/C=C\C[C@@H]1[C@@H](/C=C/C(F)(F)COc2ccccc2)[C@H](O)C[C@@H]1O)NCC(=O)OCCCCO[N+](=O)[O-]. The topological polar surface area (TPSA) is 157 Å². The molecule has 0 spiro atoms. The lowest BCUT2D eigenvalue weighted by Gasteiger charge is -2.20. The highest BCUT2D eigenvalue weighted by Crippen LogP contribution is 2.37. The average molecular weight is 585 g/mol. The Morgan fingerprint density at radius 3 is 2.56 bits per heavy atom. The molecule has 0 aromatic heterocycles. The second-order valence-electron chi connectivity index (χ2n) is 9.69. The number of allylic oxidation sites excluding steroid dienone is 2. The zero-order valence-corrected chi connectivity index (χ0v) is 22.7. The monoisotopic (exact) mass is 584 g/mol. The van der Waals surface area contributed by atoms with Crippen molar-refractivity contribution in [3.63, 3.8) is 0 Å². The third-order valence-corrected chi connectivity index (χ3v) is 6.43. The maximum atomic E-state index is 14.3. The first kappa shape index (κ1) is 33.6. The highest BCUT2D eigenvalue weighted by atomic mass is 19.3. The number of amides is 1. The van der Waals surface area contributed by atoms with Gasteiger partial charge in [0.15, 0.2) is 6.61 Å². The minimum absolute atomic E-state index is 0.0645. The van der Waals surface area contributed by atoms with E-state index in [2.05, 4.69) is 10.2 Å². The van der Waals surface area contributed by atoms with E-state index < -0.39 is 47.6 Å². The van der Waals surface area contributed by atoms with Crippen LogP contribution in [0.3, 0.4) is 0 Å². The molecule has 1 aliphatic rings. The summed E-state index contributed by atoms with van der Waals surface area (Å²) >= 11 is 0. The Hall–Kier alpha value is -3.58. The summed E-state index contributed by atoms with van der Waals surface area (Å²) in [6, 6.07) is 8.27. The van der Waals surface area contributed by atoms with Gasteiger partial charge in [-0.2, -0.15) is 8.78 Å². The van der Waals surface area contributed by atoms with Crippen molar-refractivity contribution in [2.24, 2.45) is 11.8 Å². The Morgan fingerprint density at radius 1 is 1.10 bits per heavy atom. The summed E-state index contributed by atoms with van der Waals surface area (Å²) < 4.78 is 38.7. The first-order chi connectivity index (χ1) is 19.6. The van der Waals surface area contributed by atoms with Crippen molar-refractivity contribution in [3.8, 4) is 5.75 Å². The lowest BCUT2D eigenvalue weighted by molar-refractivity contribution is -0.757. The third-order valence-electron chi connectivity index (χ3n) is 6.43. The molecular formula is C28H38F2N2O9. The van der Waals surface area contributed by atoms with Crippen LogP contribution >= 0.6 is 0 Å². The van der Waals surface area contributed by atoms with Gasteiger partial charge in [-0.25, -0.2) is 0 Å². The van der Waals surface area contributed by atoms with Crippen LogP contribution in [0.5, 0.6) is 5.75 Å². The summed E-state index contributed by atoms with van der Waals surface area (Å²) in [5.41, 5.74) is 0. The van der Waals surface area contributed by atoms with Gasteiger partial charge >= 0.3 is 5.97 Å². The molecule has 13 heteroatoms. The minimum Gasteiger partial charge on any atom is -0.487 e. The van der Waals surface area contributed by atoms with Crippen molar-refractivity contribution >= 4 is 11.9 Å². The molecule has 1 amide bonds. The van der Waals surface area contributed by atoms with E-state index in [9.17, 15) is 38.7 Å². The van der Waals surface area contributed by atoms with Gasteiger partial charge in [0.2, 0.25) is 5.91 Å². The molecule has 0 radical (unpaired) electrons. The van der Waals surface area contributed by atoms with Gasteiger partial charge < -0.3 is 29.8 Å². The van der Waals surface area contributed by atoms with Gasteiger partial charge in [-0.3, -0.25) is 9.59 Å². The quantitative estimate of drug-likeness (QED) is 0.0729. The number of benzene rings is 1. The number of aliphatic hydroxyl groups excluding tert-OH is 2. The van der Waals surface area contributed by atoms with E-state index in [1.807, 2.05) is 6.08 Å². The lowest BCUT2D eigenvalue weighted by Crippen LogP contribution is -2.30. The number of ether oxygens (including phenoxy) is 2. The van der Waals surface area contributed by atoms with Crippen LogP contribution in [0.25, 0.3) is 0 Å². The van der Waals surface area contributed by atoms with Gasteiger partial charge in [0.1, 0.15) is 12.3 Å². The Balaban J connectivity index is 1.64. The number of rotatable bonds is 19. The second kappa shape index (κ2) is 18.0. The summed E-state index contributed by atoms with van der Waals surface area (Å²) in [6.07, 6.45) is 6.26. The van der Waals surface area contributed by atoms with Gasteiger partial charge in [0.05, 0.1) is 25.4 Å². The van der Waals surface area contributed by atoms with E-state index in [0.717, 1.165) is 6.08 Å². The summed E-state index contributed by atoms with van der Waals surface area (Å²) in [5, 5.41) is 32.2. The summed E-state index contributed by atoms with van der Waals surface area (Å²) in [4.78, 5) is 37.7. The van der Waals surface area contributed by atoms with Crippen LogP contribution in [0, 0.1) is 22.0 Å². The van der Waals surface area contributed by atoms with Gasteiger partial charge in [-0.15, -0.1) is 10.1 Å². The van der Waals surface area contributed by atoms with E-state index in [1.54, 1.807) is 36.4 Å². The first-order valence-corrected chi connectivity index (χ1v) is 13.5. The van der Waals surface area contributed by atoms with E-state index in [-0.39, 0.29) is 38.5 Å². The molecule has 0 bridgehead atoms. The minimum atomic E-state index is -3.25. The number of halogens is 2.